The molecule has 1 aromatic rings. The van der Waals surface area contributed by atoms with Crippen LogP contribution in [0.3, 0.4) is 0 Å². The Morgan fingerprint density at radius 2 is 1.42 bits per heavy atom. The van der Waals surface area contributed by atoms with E-state index in [1.54, 1.807) is 24.3 Å². The van der Waals surface area contributed by atoms with Gasteiger partial charge in [-0.15, -0.1) is 0 Å². The standard InChI is InChI=1S/C22H28O11/c1-12(23)29-11-18-19(30-13(2)24)20(31-14(3)25)21(32-15(4)26)22(27,33-18)10-16-6-8-17(28-5)9-7-16/h6-9,18-21,27H,10-11H2,1-5H3/t18-,19+,20+,21-,22?/m1/s1. The summed E-state index contributed by atoms with van der Waals surface area (Å²) in [5, 5.41) is 11.5. The summed E-state index contributed by atoms with van der Waals surface area (Å²) in [6, 6.07) is 6.63. The fourth-order valence-electron chi connectivity index (χ4n) is 3.54. The van der Waals surface area contributed by atoms with Crippen LogP contribution in [-0.2, 0) is 49.3 Å². The Morgan fingerprint density at radius 1 is 0.879 bits per heavy atom. The molecule has 1 aliphatic rings. The van der Waals surface area contributed by atoms with Gasteiger partial charge in [0.1, 0.15) is 18.5 Å². The van der Waals surface area contributed by atoms with Crippen molar-refractivity contribution in [3.05, 3.63) is 29.8 Å². The molecule has 5 atom stereocenters. The van der Waals surface area contributed by atoms with E-state index in [2.05, 4.69) is 0 Å². The van der Waals surface area contributed by atoms with Gasteiger partial charge < -0.3 is 33.5 Å². The van der Waals surface area contributed by atoms with E-state index < -0.39 is 60.7 Å². The zero-order valence-corrected chi connectivity index (χ0v) is 19.1. The first-order valence-electron chi connectivity index (χ1n) is 10.1. The lowest BCUT2D eigenvalue weighted by atomic mass is 9.88. The van der Waals surface area contributed by atoms with E-state index in [0.29, 0.717) is 11.3 Å². The average Bonchev–Trinajstić information content (AvgIpc) is 2.71. The molecular weight excluding hydrogens is 440 g/mol. The maximum Gasteiger partial charge on any atom is 0.303 e. The fraction of sp³-hybridized carbons (Fsp3) is 0.545. The first-order chi connectivity index (χ1) is 15.4. The molecule has 0 bridgehead atoms. The number of methoxy groups -OCH3 is 1. The summed E-state index contributed by atoms with van der Waals surface area (Å²) in [5.74, 6) is -4.64. The fourth-order valence-corrected chi connectivity index (χ4v) is 3.54. The second-order valence-electron chi connectivity index (χ2n) is 7.51. The molecule has 0 amide bonds. The minimum atomic E-state index is -2.23. The lowest BCUT2D eigenvalue weighted by Gasteiger charge is -2.48. The van der Waals surface area contributed by atoms with Gasteiger partial charge in [0, 0.05) is 34.1 Å². The molecule has 33 heavy (non-hydrogen) atoms. The van der Waals surface area contributed by atoms with Crippen LogP contribution in [0.25, 0.3) is 0 Å². The molecule has 1 aromatic carbocycles. The smallest absolute Gasteiger partial charge is 0.303 e. The Balaban J connectivity index is 2.52. The van der Waals surface area contributed by atoms with Gasteiger partial charge in [-0.25, -0.2) is 0 Å². The normalized spacial score (nSPS) is 26.6. The van der Waals surface area contributed by atoms with Crippen LogP contribution in [0, 0.1) is 0 Å². The van der Waals surface area contributed by atoms with Crippen molar-refractivity contribution in [3.63, 3.8) is 0 Å². The SMILES string of the molecule is COc1ccc(CC2(O)O[C@H](COC(C)=O)[C@H](OC(C)=O)[C@H](OC(C)=O)[C@H]2OC(C)=O)cc1. The van der Waals surface area contributed by atoms with Crippen LogP contribution in [0.5, 0.6) is 5.75 Å². The number of carbonyl (C=O) groups excluding carboxylic acids is 4. The second-order valence-corrected chi connectivity index (χ2v) is 7.51. The van der Waals surface area contributed by atoms with Gasteiger partial charge in [0.2, 0.25) is 5.79 Å². The Kier molecular flexibility index (Phi) is 8.77. The number of esters is 4. The number of hydrogen-bond acceptors (Lipinski definition) is 11. The summed E-state index contributed by atoms with van der Waals surface area (Å²) in [6.07, 6.45) is -5.81. The molecular formula is C22H28O11. The largest absolute Gasteiger partial charge is 0.497 e. The van der Waals surface area contributed by atoms with E-state index in [1.807, 2.05) is 0 Å². The predicted molar refractivity (Wildman–Crippen MR) is 110 cm³/mol. The quantitative estimate of drug-likeness (QED) is 0.425. The third kappa shape index (κ3) is 7.16. The van der Waals surface area contributed by atoms with Crippen molar-refractivity contribution in [1.82, 2.24) is 0 Å². The molecule has 1 heterocycles. The Labute approximate surface area is 190 Å². The molecule has 0 radical (unpaired) electrons. The molecule has 11 nitrogen and oxygen atoms in total. The molecule has 2 rings (SSSR count). The van der Waals surface area contributed by atoms with Crippen molar-refractivity contribution in [2.75, 3.05) is 13.7 Å². The number of rotatable bonds is 8. The third-order valence-corrected chi connectivity index (χ3v) is 4.75. The van der Waals surface area contributed by atoms with E-state index in [9.17, 15) is 24.3 Å². The molecule has 1 saturated heterocycles. The summed E-state index contributed by atoms with van der Waals surface area (Å²) in [4.78, 5) is 46.9. The Morgan fingerprint density at radius 3 is 1.91 bits per heavy atom. The van der Waals surface area contributed by atoms with Gasteiger partial charge in [-0.05, 0) is 17.7 Å². The lowest BCUT2D eigenvalue weighted by Crippen LogP contribution is -2.68. The Hall–Kier alpha value is -3.18. The number of benzene rings is 1. The van der Waals surface area contributed by atoms with Gasteiger partial charge in [0.15, 0.2) is 18.3 Å². The van der Waals surface area contributed by atoms with E-state index in [-0.39, 0.29) is 6.42 Å². The molecule has 1 N–H and O–H groups in total. The number of aliphatic hydroxyl groups is 1. The maximum atomic E-state index is 11.9. The van der Waals surface area contributed by atoms with Crippen LogP contribution in [0.15, 0.2) is 24.3 Å². The van der Waals surface area contributed by atoms with Crippen molar-refractivity contribution >= 4 is 23.9 Å². The molecule has 1 aliphatic heterocycles. The summed E-state index contributed by atoms with van der Waals surface area (Å²) in [7, 11) is 1.50. The molecule has 11 heteroatoms. The van der Waals surface area contributed by atoms with E-state index in [0.717, 1.165) is 20.8 Å². The molecule has 1 unspecified atom stereocenters. The van der Waals surface area contributed by atoms with E-state index in [1.165, 1.54) is 14.0 Å². The van der Waals surface area contributed by atoms with Gasteiger partial charge in [0.05, 0.1) is 7.11 Å². The van der Waals surface area contributed by atoms with Crippen molar-refractivity contribution in [1.29, 1.82) is 0 Å². The average molecular weight is 468 g/mol. The Bertz CT molecular complexity index is 866. The summed E-state index contributed by atoms with van der Waals surface area (Å²) >= 11 is 0. The molecule has 0 aromatic heterocycles. The molecule has 182 valence electrons. The maximum absolute atomic E-state index is 11.9. The van der Waals surface area contributed by atoms with Gasteiger partial charge in [-0.1, -0.05) is 12.1 Å². The molecule has 0 aliphatic carbocycles. The zero-order valence-electron chi connectivity index (χ0n) is 19.1. The number of ether oxygens (including phenoxy) is 6. The van der Waals surface area contributed by atoms with Crippen molar-refractivity contribution in [2.45, 2.75) is 64.3 Å². The number of hydrogen-bond donors (Lipinski definition) is 1. The van der Waals surface area contributed by atoms with Crippen LogP contribution in [-0.4, -0.2) is 72.9 Å². The second kappa shape index (κ2) is 11.1. The first-order valence-corrected chi connectivity index (χ1v) is 10.1. The molecule has 1 fully saturated rings. The third-order valence-electron chi connectivity index (χ3n) is 4.75. The van der Waals surface area contributed by atoms with E-state index in [4.69, 9.17) is 28.4 Å². The summed E-state index contributed by atoms with van der Waals surface area (Å²) in [6.45, 7) is 4.06. The monoisotopic (exact) mass is 468 g/mol. The lowest BCUT2D eigenvalue weighted by molar-refractivity contribution is -0.351. The highest BCUT2D eigenvalue weighted by atomic mass is 16.7. The minimum absolute atomic E-state index is 0.212. The van der Waals surface area contributed by atoms with Gasteiger partial charge >= 0.3 is 23.9 Å². The van der Waals surface area contributed by atoms with Gasteiger partial charge in [-0.3, -0.25) is 19.2 Å². The van der Waals surface area contributed by atoms with Crippen LogP contribution in [0.1, 0.15) is 33.3 Å². The van der Waals surface area contributed by atoms with Crippen LogP contribution in [0.2, 0.25) is 0 Å². The van der Waals surface area contributed by atoms with Gasteiger partial charge in [-0.2, -0.15) is 0 Å². The number of carbonyl (C=O) groups is 4. The van der Waals surface area contributed by atoms with Crippen LogP contribution in [0.4, 0.5) is 0 Å². The van der Waals surface area contributed by atoms with Crippen molar-refractivity contribution in [3.8, 4) is 5.75 Å². The van der Waals surface area contributed by atoms with Crippen molar-refractivity contribution < 1.29 is 52.7 Å². The molecule has 0 saturated carbocycles. The summed E-state index contributed by atoms with van der Waals surface area (Å²) in [5.41, 5.74) is 0.564. The van der Waals surface area contributed by atoms with Crippen molar-refractivity contribution in [2.24, 2.45) is 0 Å². The predicted octanol–water partition coefficient (Wildman–Crippen LogP) is 0.683. The first kappa shape index (κ1) is 26.1. The summed E-state index contributed by atoms with van der Waals surface area (Å²) < 4.78 is 31.9. The highest BCUT2D eigenvalue weighted by Crippen LogP contribution is 2.37. The van der Waals surface area contributed by atoms with Crippen LogP contribution >= 0.6 is 0 Å². The topological polar surface area (TPSA) is 144 Å². The van der Waals surface area contributed by atoms with Crippen LogP contribution < -0.4 is 4.74 Å². The van der Waals surface area contributed by atoms with E-state index >= 15 is 0 Å². The highest BCUT2D eigenvalue weighted by molar-refractivity contribution is 5.68. The highest BCUT2D eigenvalue weighted by Gasteiger charge is 2.59. The van der Waals surface area contributed by atoms with Gasteiger partial charge in [0.25, 0.3) is 0 Å². The zero-order chi connectivity index (χ0) is 24.8. The molecule has 0 spiro atoms. The minimum Gasteiger partial charge on any atom is -0.497 e.